The molecule has 0 saturated carbocycles. The standard InChI is InChI=1S/C5H10O5S/c1-4(2)10-5(6)3-11(7,8)9/h4H,3H2,1-2H3,(H,7,8,9)/p-1. The Morgan fingerprint density at radius 3 is 2.27 bits per heavy atom. The van der Waals surface area contributed by atoms with E-state index in [0.717, 1.165) is 0 Å². The second-order valence-electron chi connectivity index (χ2n) is 2.24. The van der Waals surface area contributed by atoms with Crippen LogP contribution in [0, 0.1) is 0 Å². The Labute approximate surface area is 65.1 Å². The maximum Gasteiger partial charge on any atom is 0.320 e. The quantitative estimate of drug-likeness (QED) is 0.432. The lowest BCUT2D eigenvalue weighted by Gasteiger charge is -2.09. The Morgan fingerprint density at radius 1 is 1.55 bits per heavy atom. The number of hydrogen-bond donors (Lipinski definition) is 0. The summed E-state index contributed by atoms with van der Waals surface area (Å²) in [5.41, 5.74) is 0. The molecule has 0 aromatic rings. The molecule has 0 spiro atoms. The van der Waals surface area contributed by atoms with Crippen molar-refractivity contribution >= 4 is 16.1 Å². The topological polar surface area (TPSA) is 83.5 Å². The lowest BCUT2D eigenvalue weighted by atomic mass is 10.5. The van der Waals surface area contributed by atoms with Gasteiger partial charge in [-0.05, 0) is 13.8 Å². The van der Waals surface area contributed by atoms with Gasteiger partial charge in [0.25, 0.3) is 0 Å². The fourth-order valence-corrected chi connectivity index (χ4v) is 0.798. The summed E-state index contributed by atoms with van der Waals surface area (Å²) in [5.74, 6) is -2.10. The van der Waals surface area contributed by atoms with E-state index in [1.165, 1.54) is 0 Å². The summed E-state index contributed by atoms with van der Waals surface area (Å²) in [6.07, 6.45) is -0.399. The number of carbonyl (C=O) groups is 1. The van der Waals surface area contributed by atoms with Crippen molar-refractivity contribution < 1.29 is 22.5 Å². The normalized spacial score (nSPS) is 11.6. The van der Waals surface area contributed by atoms with E-state index in [9.17, 15) is 17.8 Å². The molecule has 0 atom stereocenters. The van der Waals surface area contributed by atoms with Gasteiger partial charge in [0.2, 0.25) is 0 Å². The Morgan fingerprint density at radius 2 is 2.00 bits per heavy atom. The Bertz CT molecular complexity index is 227. The van der Waals surface area contributed by atoms with Gasteiger partial charge >= 0.3 is 5.97 Å². The summed E-state index contributed by atoms with van der Waals surface area (Å²) >= 11 is 0. The predicted octanol–water partition coefficient (Wildman–Crippen LogP) is -0.517. The first kappa shape index (κ1) is 10.4. The van der Waals surface area contributed by atoms with Crippen LogP contribution >= 0.6 is 0 Å². The molecule has 0 saturated heterocycles. The van der Waals surface area contributed by atoms with Crippen LogP contribution in [0.5, 0.6) is 0 Å². The molecule has 11 heavy (non-hydrogen) atoms. The van der Waals surface area contributed by atoms with Gasteiger partial charge in [0.05, 0.1) is 6.10 Å². The second-order valence-corrected chi connectivity index (χ2v) is 3.64. The highest BCUT2D eigenvalue weighted by Crippen LogP contribution is 1.91. The summed E-state index contributed by atoms with van der Waals surface area (Å²) in [5, 5.41) is 0. The van der Waals surface area contributed by atoms with Crippen LogP contribution in [-0.4, -0.2) is 30.8 Å². The summed E-state index contributed by atoms with van der Waals surface area (Å²) in [4.78, 5) is 10.5. The third-order valence-electron chi connectivity index (χ3n) is 0.662. The molecule has 0 aromatic heterocycles. The van der Waals surface area contributed by atoms with E-state index in [1.54, 1.807) is 13.8 Å². The first-order chi connectivity index (χ1) is 4.81. The van der Waals surface area contributed by atoms with Crippen molar-refractivity contribution in [3.05, 3.63) is 0 Å². The van der Waals surface area contributed by atoms with Gasteiger partial charge in [0.15, 0.2) is 0 Å². The highest BCUT2D eigenvalue weighted by Gasteiger charge is 2.08. The van der Waals surface area contributed by atoms with E-state index in [1.807, 2.05) is 0 Å². The molecule has 0 unspecified atom stereocenters. The summed E-state index contributed by atoms with van der Waals surface area (Å²) < 4.78 is 34.3. The van der Waals surface area contributed by atoms with Crippen LogP contribution in [0.25, 0.3) is 0 Å². The van der Waals surface area contributed by atoms with Crippen molar-refractivity contribution in [2.24, 2.45) is 0 Å². The molecule has 5 nitrogen and oxygen atoms in total. The van der Waals surface area contributed by atoms with E-state index >= 15 is 0 Å². The fraction of sp³-hybridized carbons (Fsp3) is 0.800. The van der Waals surface area contributed by atoms with Gasteiger partial charge in [-0.1, -0.05) is 0 Å². The lowest BCUT2D eigenvalue weighted by Crippen LogP contribution is -2.20. The Balaban J connectivity index is 3.91. The molecule has 0 aliphatic carbocycles. The van der Waals surface area contributed by atoms with E-state index in [0.29, 0.717) is 0 Å². The summed E-state index contributed by atoms with van der Waals surface area (Å²) in [6.45, 7) is 3.13. The highest BCUT2D eigenvalue weighted by molar-refractivity contribution is 7.86. The molecular weight excluding hydrogens is 172 g/mol. The Kier molecular flexibility index (Phi) is 3.47. The Hall–Kier alpha value is -0.620. The minimum absolute atomic E-state index is 0.399. The van der Waals surface area contributed by atoms with Crippen molar-refractivity contribution in [3.8, 4) is 0 Å². The van der Waals surface area contributed by atoms with Crippen LogP contribution < -0.4 is 0 Å². The van der Waals surface area contributed by atoms with Crippen LogP contribution in [-0.2, 0) is 19.6 Å². The lowest BCUT2D eigenvalue weighted by molar-refractivity contribution is -0.144. The third-order valence-corrected chi connectivity index (χ3v) is 1.25. The fourth-order valence-electron chi connectivity index (χ4n) is 0.441. The predicted molar refractivity (Wildman–Crippen MR) is 35.8 cm³/mol. The van der Waals surface area contributed by atoms with E-state index < -0.39 is 27.9 Å². The van der Waals surface area contributed by atoms with Gasteiger partial charge in [0.1, 0.15) is 15.9 Å². The van der Waals surface area contributed by atoms with Gasteiger partial charge in [-0.15, -0.1) is 0 Å². The van der Waals surface area contributed by atoms with Crippen molar-refractivity contribution in [1.29, 1.82) is 0 Å². The third kappa shape index (κ3) is 7.27. The highest BCUT2D eigenvalue weighted by atomic mass is 32.2. The van der Waals surface area contributed by atoms with Crippen molar-refractivity contribution in [1.82, 2.24) is 0 Å². The van der Waals surface area contributed by atoms with E-state index in [4.69, 9.17) is 0 Å². The molecule has 0 fully saturated rings. The molecule has 0 N–H and O–H groups in total. The van der Waals surface area contributed by atoms with Crippen molar-refractivity contribution in [2.75, 3.05) is 5.75 Å². The molecule has 0 heterocycles. The molecule has 0 aliphatic rings. The molecule has 6 heteroatoms. The zero-order chi connectivity index (χ0) is 9.07. The van der Waals surface area contributed by atoms with Gasteiger partial charge in [-0.25, -0.2) is 8.42 Å². The van der Waals surface area contributed by atoms with E-state index in [-0.39, 0.29) is 0 Å². The van der Waals surface area contributed by atoms with Crippen LogP contribution in [0.2, 0.25) is 0 Å². The molecule has 0 radical (unpaired) electrons. The maximum atomic E-state index is 10.5. The zero-order valence-electron chi connectivity index (χ0n) is 6.23. The van der Waals surface area contributed by atoms with Crippen LogP contribution in [0.1, 0.15) is 13.8 Å². The monoisotopic (exact) mass is 181 g/mol. The summed E-state index contributed by atoms with van der Waals surface area (Å²) in [7, 11) is -4.49. The van der Waals surface area contributed by atoms with Crippen LogP contribution in [0.3, 0.4) is 0 Å². The molecular formula is C5H9O5S-. The average Bonchev–Trinajstić information content (AvgIpc) is 1.53. The molecule has 0 rings (SSSR count). The second kappa shape index (κ2) is 3.68. The maximum absolute atomic E-state index is 10.5. The summed E-state index contributed by atoms with van der Waals surface area (Å²) in [6, 6.07) is 0. The van der Waals surface area contributed by atoms with Crippen LogP contribution in [0.15, 0.2) is 0 Å². The molecule has 0 aliphatic heterocycles. The average molecular weight is 181 g/mol. The molecule has 66 valence electrons. The van der Waals surface area contributed by atoms with Gasteiger partial charge in [-0.3, -0.25) is 4.79 Å². The molecule has 0 bridgehead atoms. The van der Waals surface area contributed by atoms with E-state index in [2.05, 4.69) is 4.74 Å². The number of rotatable bonds is 3. The number of hydrogen-bond acceptors (Lipinski definition) is 5. The number of carbonyl (C=O) groups excluding carboxylic acids is 1. The van der Waals surface area contributed by atoms with Gasteiger partial charge in [-0.2, -0.15) is 0 Å². The smallest absolute Gasteiger partial charge is 0.320 e. The van der Waals surface area contributed by atoms with Gasteiger partial charge < -0.3 is 9.29 Å². The zero-order valence-corrected chi connectivity index (χ0v) is 7.05. The minimum atomic E-state index is -4.49. The first-order valence-corrected chi connectivity index (χ1v) is 4.52. The molecule has 0 aromatic carbocycles. The molecule has 0 amide bonds. The van der Waals surface area contributed by atoms with Gasteiger partial charge in [0, 0.05) is 0 Å². The SMILES string of the molecule is CC(C)OC(=O)CS(=O)(=O)[O-]. The van der Waals surface area contributed by atoms with Crippen molar-refractivity contribution in [2.45, 2.75) is 20.0 Å². The minimum Gasteiger partial charge on any atom is -0.748 e. The van der Waals surface area contributed by atoms with Crippen LogP contribution in [0.4, 0.5) is 0 Å². The number of esters is 1. The largest absolute Gasteiger partial charge is 0.748 e. The first-order valence-electron chi connectivity index (χ1n) is 2.94. The van der Waals surface area contributed by atoms with Crippen molar-refractivity contribution in [3.63, 3.8) is 0 Å². The number of ether oxygens (including phenoxy) is 1.